The van der Waals surface area contributed by atoms with E-state index in [0.717, 1.165) is 25.7 Å². The first kappa shape index (κ1) is 15.9. The van der Waals surface area contributed by atoms with E-state index in [0.29, 0.717) is 6.42 Å². The first-order valence-corrected chi connectivity index (χ1v) is 6.83. The maximum absolute atomic E-state index is 12.5. The number of aliphatic carboxylic acids is 1. The molecule has 0 spiro atoms. The van der Waals surface area contributed by atoms with Crippen LogP contribution in [0.15, 0.2) is 0 Å². The van der Waals surface area contributed by atoms with E-state index in [2.05, 4.69) is 5.32 Å². The molecule has 110 valence electrons. The maximum Gasteiger partial charge on any atom is 0.328 e. The molecule has 0 aromatic carbocycles. The Balaban J connectivity index is 2.48. The summed E-state index contributed by atoms with van der Waals surface area (Å²) in [6.07, 6.45) is 5.02. The van der Waals surface area contributed by atoms with Gasteiger partial charge in [0.05, 0.1) is 6.10 Å². The third-order valence-electron chi connectivity index (χ3n) is 3.34. The molecule has 1 aliphatic rings. The molecular weight excluding hydrogens is 253 g/mol. The summed E-state index contributed by atoms with van der Waals surface area (Å²) in [5, 5.41) is 10.9. The third kappa shape index (κ3) is 5.14. The summed E-state index contributed by atoms with van der Waals surface area (Å²) in [5.41, 5.74) is 0. The van der Waals surface area contributed by atoms with Gasteiger partial charge in [-0.1, -0.05) is 26.2 Å². The van der Waals surface area contributed by atoms with E-state index in [-0.39, 0.29) is 6.10 Å². The van der Waals surface area contributed by atoms with E-state index in [4.69, 9.17) is 9.84 Å². The van der Waals surface area contributed by atoms with Crippen molar-refractivity contribution in [2.75, 3.05) is 6.67 Å². The molecule has 0 aromatic heterocycles. The monoisotopic (exact) mass is 275 g/mol. The Morgan fingerprint density at radius 3 is 2.47 bits per heavy atom. The van der Waals surface area contributed by atoms with E-state index >= 15 is 0 Å². The highest BCUT2D eigenvalue weighted by molar-refractivity contribution is 5.86. The quantitative estimate of drug-likeness (QED) is 0.741. The molecule has 1 fully saturated rings. The van der Waals surface area contributed by atoms with Gasteiger partial charge in [0.15, 0.2) is 6.04 Å². The summed E-state index contributed by atoms with van der Waals surface area (Å²) in [5.74, 6) is -1.92. The van der Waals surface area contributed by atoms with E-state index in [1.165, 1.54) is 6.42 Å². The van der Waals surface area contributed by atoms with Crippen LogP contribution in [0.5, 0.6) is 0 Å². The van der Waals surface area contributed by atoms with Gasteiger partial charge in [-0.3, -0.25) is 4.79 Å². The van der Waals surface area contributed by atoms with Gasteiger partial charge in [0, 0.05) is 0 Å². The summed E-state index contributed by atoms with van der Waals surface area (Å²) in [7, 11) is 0. The van der Waals surface area contributed by atoms with Gasteiger partial charge in [0.25, 0.3) is 0 Å². The molecule has 1 rings (SSSR count). The molecule has 0 aliphatic heterocycles. The number of carboxylic acids is 1. The third-order valence-corrected chi connectivity index (χ3v) is 3.34. The van der Waals surface area contributed by atoms with E-state index in [1.54, 1.807) is 6.92 Å². The van der Waals surface area contributed by atoms with Crippen LogP contribution in [0.2, 0.25) is 0 Å². The van der Waals surface area contributed by atoms with Crippen LogP contribution < -0.4 is 5.32 Å². The van der Waals surface area contributed by atoms with Crippen molar-refractivity contribution in [3.63, 3.8) is 0 Å². The van der Waals surface area contributed by atoms with Crippen molar-refractivity contribution >= 4 is 11.9 Å². The predicted octanol–water partition coefficient (Wildman–Crippen LogP) is 1.65. The molecule has 0 radical (unpaired) electrons. The molecule has 19 heavy (non-hydrogen) atoms. The fourth-order valence-electron chi connectivity index (χ4n) is 2.21. The Kier molecular flexibility index (Phi) is 6.77. The second kappa shape index (κ2) is 8.09. The minimum absolute atomic E-state index is 0.0538. The van der Waals surface area contributed by atoms with Crippen LogP contribution >= 0.6 is 0 Å². The maximum atomic E-state index is 12.5. The SMILES string of the molecule is CCC(OC1CCCCC1)C(=O)NC(CF)C(=O)O. The molecule has 1 aliphatic carbocycles. The number of halogens is 1. The zero-order valence-corrected chi connectivity index (χ0v) is 11.2. The smallest absolute Gasteiger partial charge is 0.328 e. The number of hydrogen-bond acceptors (Lipinski definition) is 3. The Hall–Kier alpha value is -1.17. The average molecular weight is 275 g/mol. The molecule has 1 saturated carbocycles. The average Bonchev–Trinajstić information content (AvgIpc) is 2.42. The van der Waals surface area contributed by atoms with Gasteiger partial charge in [-0.2, -0.15) is 0 Å². The van der Waals surface area contributed by atoms with E-state index in [1.807, 2.05) is 0 Å². The zero-order valence-electron chi connectivity index (χ0n) is 11.2. The number of rotatable bonds is 7. The minimum atomic E-state index is -1.49. The molecule has 2 atom stereocenters. The van der Waals surface area contributed by atoms with Crippen LogP contribution in [0.3, 0.4) is 0 Å². The molecule has 6 heteroatoms. The van der Waals surface area contributed by atoms with Crippen molar-refractivity contribution in [2.45, 2.75) is 63.7 Å². The predicted molar refractivity (Wildman–Crippen MR) is 67.6 cm³/mol. The van der Waals surface area contributed by atoms with Gasteiger partial charge in [-0.05, 0) is 19.3 Å². The number of hydrogen-bond donors (Lipinski definition) is 2. The fraction of sp³-hybridized carbons (Fsp3) is 0.846. The normalized spacial score (nSPS) is 19.7. The highest BCUT2D eigenvalue weighted by Gasteiger charge is 2.27. The molecule has 0 saturated heterocycles. The molecule has 0 aromatic rings. The number of amides is 1. The number of carboxylic acid groups (broad SMARTS) is 1. The Labute approximate surface area is 112 Å². The highest BCUT2D eigenvalue weighted by Crippen LogP contribution is 2.22. The van der Waals surface area contributed by atoms with E-state index < -0.39 is 30.7 Å². The Morgan fingerprint density at radius 1 is 1.37 bits per heavy atom. The van der Waals surface area contributed by atoms with Gasteiger partial charge in [-0.25, -0.2) is 9.18 Å². The highest BCUT2D eigenvalue weighted by atomic mass is 19.1. The van der Waals surface area contributed by atoms with Crippen LogP contribution in [-0.2, 0) is 14.3 Å². The lowest BCUT2D eigenvalue weighted by Crippen LogP contribution is -2.48. The van der Waals surface area contributed by atoms with Gasteiger partial charge >= 0.3 is 5.97 Å². The number of ether oxygens (including phenoxy) is 1. The van der Waals surface area contributed by atoms with Crippen LogP contribution in [0.1, 0.15) is 45.4 Å². The lowest BCUT2D eigenvalue weighted by molar-refractivity contribution is -0.147. The molecule has 1 amide bonds. The van der Waals surface area contributed by atoms with Gasteiger partial charge in [-0.15, -0.1) is 0 Å². The van der Waals surface area contributed by atoms with Crippen molar-refractivity contribution in [1.82, 2.24) is 5.32 Å². The molecule has 0 heterocycles. The van der Waals surface area contributed by atoms with Crippen molar-refractivity contribution < 1.29 is 23.8 Å². The van der Waals surface area contributed by atoms with E-state index in [9.17, 15) is 14.0 Å². The molecule has 5 nitrogen and oxygen atoms in total. The van der Waals surface area contributed by atoms with Crippen molar-refractivity contribution in [3.05, 3.63) is 0 Å². The number of alkyl halides is 1. The molecular formula is C13H22FNO4. The van der Waals surface area contributed by atoms with Crippen LogP contribution in [0.4, 0.5) is 4.39 Å². The summed E-state index contributed by atoms with van der Waals surface area (Å²) < 4.78 is 18.2. The minimum Gasteiger partial charge on any atom is -0.480 e. The summed E-state index contributed by atoms with van der Waals surface area (Å²) in [4.78, 5) is 22.5. The van der Waals surface area contributed by atoms with Crippen molar-refractivity contribution in [1.29, 1.82) is 0 Å². The molecule has 2 unspecified atom stereocenters. The second-order valence-electron chi connectivity index (χ2n) is 4.85. The van der Waals surface area contributed by atoms with Gasteiger partial charge in [0.2, 0.25) is 5.91 Å². The van der Waals surface area contributed by atoms with Gasteiger partial charge in [0.1, 0.15) is 12.8 Å². The Bertz CT molecular complexity index is 305. The van der Waals surface area contributed by atoms with Crippen LogP contribution in [0, 0.1) is 0 Å². The molecule has 2 N–H and O–H groups in total. The fourth-order valence-corrected chi connectivity index (χ4v) is 2.21. The lowest BCUT2D eigenvalue weighted by atomic mass is 9.97. The first-order chi connectivity index (χ1) is 9.08. The zero-order chi connectivity index (χ0) is 14.3. The largest absolute Gasteiger partial charge is 0.480 e. The standard InChI is InChI=1S/C13H22FNO4/c1-2-11(19-9-6-4-3-5-7-9)12(16)15-10(8-14)13(17)18/h9-11H,2-8H2,1H3,(H,15,16)(H,17,18). The number of carbonyl (C=O) groups is 2. The number of nitrogens with one attached hydrogen (secondary N) is 1. The summed E-state index contributed by atoms with van der Waals surface area (Å²) >= 11 is 0. The Morgan fingerprint density at radius 2 is 2.00 bits per heavy atom. The lowest BCUT2D eigenvalue weighted by Gasteiger charge is -2.27. The van der Waals surface area contributed by atoms with Crippen molar-refractivity contribution in [3.8, 4) is 0 Å². The van der Waals surface area contributed by atoms with Crippen molar-refractivity contribution in [2.24, 2.45) is 0 Å². The summed E-state index contributed by atoms with van der Waals surface area (Å²) in [6, 6.07) is -1.49. The topological polar surface area (TPSA) is 75.6 Å². The second-order valence-corrected chi connectivity index (χ2v) is 4.85. The van der Waals surface area contributed by atoms with Crippen LogP contribution in [0.25, 0.3) is 0 Å². The summed E-state index contributed by atoms with van der Waals surface area (Å²) in [6.45, 7) is 0.666. The first-order valence-electron chi connectivity index (χ1n) is 6.83. The number of carbonyl (C=O) groups excluding carboxylic acids is 1. The van der Waals surface area contributed by atoms with Gasteiger partial charge < -0.3 is 15.2 Å². The molecule has 0 bridgehead atoms. The van der Waals surface area contributed by atoms with Crippen LogP contribution in [-0.4, -0.2) is 41.9 Å².